The van der Waals surface area contributed by atoms with Crippen molar-refractivity contribution in [2.75, 3.05) is 6.54 Å². The summed E-state index contributed by atoms with van der Waals surface area (Å²) in [5.41, 5.74) is 0.370. The number of carbonyl (C=O) groups is 2. The SMILES string of the molecule is C[C@H]1CCN(C(=O)c2ccccc2C(=O)O)[C@H](C)C1. The number of hydrogen-bond donors (Lipinski definition) is 1. The van der Waals surface area contributed by atoms with Crippen molar-refractivity contribution in [1.82, 2.24) is 4.90 Å². The van der Waals surface area contributed by atoms with E-state index in [0.717, 1.165) is 12.8 Å². The van der Waals surface area contributed by atoms with Crippen molar-refractivity contribution in [2.45, 2.75) is 32.7 Å². The molecule has 1 amide bonds. The van der Waals surface area contributed by atoms with Crippen LogP contribution in [0.3, 0.4) is 0 Å². The van der Waals surface area contributed by atoms with E-state index in [2.05, 4.69) is 6.92 Å². The average molecular weight is 261 g/mol. The van der Waals surface area contributed by atoms with Gasteiger partial charge in [0, 0.05) is 12.6 Å². The highest BCUT2D eigenvalue weighted by Gasteiger charge is 2.29. The van der Waals surface area contributed by atoms with Crippen molar-refractivity contribution in [2.24, 2.45) is 5.92 Å². The number of hydrogen-bond acceptors (Lipinski definition) is 2. The van der Waals surface area contributed by atoms with Crippen LogP contribution in [-0.4, -0.2) is 34.5 Å². The Balaban J connectivity index is 2.27. The van der Waals surface area contributed by atoms with Crippen molar-refractivity contribution < 1.29 is 14.7 Å². The molecular formula is C15H19NO3. The van der Waals surface area contributed by atoms with Gasteiger partial charge < -0.3 is 10.0 Å². The lowest BCUT2D eigenvalue weighted by Crippen LogP contribution is -2.44. The molecule has 0 aromatic heterocycles. The first-order valence-corrected chi connectivity index (χ1v) is 6.64. The van der Waals surface area contributed by atoms with Gasteiger partial charge in [-0.15, -0.1) is 0 Å². The molecule has 1 aliphatic heterocycles. The Kier molecular flexibility index (Phi) is 3.88. The van der Waals surface area contributed by atoms with Crippen LogP contribution in [-0.2, 0) is 0 Å². The van der Waals surface area contributed by atoms with E-state index in [9.17, 15) is 9.59 Å². The molecule has 19 heavy (non-hydrogen) atoms. The predicted octanol–water partition coefficient (Wildman–Crippen LogP) is 2.65. The number of carboxylic acid groups (broad SMARTS) is 1. The molecule has 0 bridgehead atoms. The fraction of sp³-hybridized carbons (Fsp3) is 0.467. The highest BCUT2D eigenvalue weighted by Crippen LogP contribution is 2.24. The van der Waals surface area contributed by atoms with Crippen LogP contribution in [0, 0.1) is 5.92 Å². The van der Waals surface area contributed by atoms with Gasteiger partial charge in [-0.1, -0.05) is 19.1 Å². The highest BCUT2D eigenvalue weighted by atomic mass is 16.4. The lowest BCUT2D eigenvalue weighted by molar-refractivity contribution is 0.0573. The largest absolute Gasteiger partial charge is 0.478 e. The van der Waals surface area contributed by atoms with Crippen molar-refractivity contribution in [3.63, 3.8) is 0 Å². The molecular weight excluding hydrogens is 242 g/mol. The Morgan fingerprint density at radius 1 is 1.21 bits per heavy atom. The van der Waals surface area contributed by atoms with Gasteiger partial charge in [-0.2, -0.15) is 0 Å². The van der Waals surface area contributed by atoms with Crippen molar-refractivity contribution >= 4 is 11.9 Å². The number of carbonyl (C=O) groups excluding carboxylic acids is 1. The number of carboxylic acids is 1. The normalized spacial score (nSPS) is 23.2. The number of aromatic carboxylic acids is 1. The molecule has 102 valence electrons. The molecule has 2 atom stereocenters. The Morgan fingerprint density at radius 3 is 2.42 bits per heavy atom. The fourth-order valence-electron chi connectivity index (χ4n) is 2.72. The maximum atomic E-state index is 12.5. The lowest BCUT2D eigenvalue weighted by atomic mass is 9.92. The van der Waals surface area contributed by atoms with Crippen molar-refractivity contribution in [3.05, 3.63) is 35.4 Å². The van der Waals surface area contributed by atoms with Crippen LogP contribution in [0.15, 0.2) is 24.3 Å². The van der Waals surface area contributed by atoms with Gasteiger partial charge in [-0.25, -0.2) is 4.79 Å². The summed E-state index contributed by atoms with van der Waals surface area (Å²) >= 11 is 0. The summed E-state index contributed by atoms with van der Waals surface area (Å²) in [5, 5.41) is 9.15. The molecule has 0 radical (unpaired) electrons. The summed E-state index contributed by atoms with van der Waals surface area (Å²) in [4.78, 5) is 25.5. The molecule has 1 fully saturated rings. The van der Waals surface area contributed by atoms with E-state index in [1.165, 1.54) is 6.07 Å². The lowest BCUT2D eigenvalue weighted by Gasteiger charge is -2.36. The van der Waals surface area contributed by atoms with Crippen LogP contribution in [0.1, 0.15) is 47.4 Å². The molecule has 4 heteroatoms. The summed E-state index contributed by atoms with van der Waals surface area (Å²) in [6, 6.07) is 6.58. The van der Waals surface area contributed by atoms with Gasteiger partial charge in [0.2, 0.25) is 0 Å². The first-order valence-electron chi connectivity index (χ1n) is 6.64. The minimum Gasteiger partial charge on any atom is -0.478 e. The van der Waals surface area contributed by atoms with Crippen LogP contribution in [0.25, 0.3) is 0 Å². The topological polar surface area (TPSA) is 57.6 Å². The van der Waals surface area contributed by atoms with Crippen LogP contribution in [0.4, 0.5) is 0 Å². The Labute approximate surface area is 113 Å². The van der Waals surface area contributed by atoms with E-state index in [1.54, 1.807) is 23.1 Å². The molecule has 4 nitrogen and oxygen atoms in total. The summed E-state index contributed by atoms with van der Waals surface area (Å²) in [6.07, 6.45) is 1.95. The Hall–Kier alpha value is -1.84. The molecule has 0 unspecified atom stereocenters. The van der Waals surface area contributed by atoms with Crippen molar-refractivity contribution in [1.29, 1.82) is 0 Å². The maximum Gasteiger partial charge on any atom is 0.336 e. The van der Waals surface area contributed by atoms with E-state index in [1.807, 2.05) is 6.92 Å². The minimum atomic E-state index is -1.05. The first kappa shape index (κ1) is 13.6. The number of likely N-dealkylation sites (tertiary alicyclic amines) is 1. The van der Waals surface area contributed by atoms with Gasteiger partial charge >= 0.3 is 5.97 Å². The third-order valence-electron chi connectivity index (χ3n) is 3.79. The number of benzene rings is 1. The second-order valence-electron chi connectivity index (χ2n) is 5.33. The zero-order valence-corrected chi connectivity index (χ0v) is 11.3. The monoisotopic (exact) mass is 261 g/mol. The highest BCUT2D eigenvalue weighted by molar-refractivity contribution is 6.04. The zero-order valence-electron chi connectivity index (χ0n) is 11.3. The van der Waals surface area contributed by atoms with Gasteiger partial charge in [-0.05, 0) is 37.8 Å². The van der Waals surface area contributed by atoms with E-state index >= 15 is 0 Å². The standard InChI is InChI=1S/C15H19NO3/c1-10-7-8-16(11(2)9-10)14(17)12-5-3-4-6-13(12)15(18)19/h3-6,10-11H,7-9H2,1-2H3,(H,18,19)/t10-,11+/m0/s1. The third kappa shape index (κ3) is 2.78. The van der Waals surface area contributed by atoms with Crippen LogP contribution >= 0.6 is 0 Å². The maximum absolute atomic E-state index is 12.5. The van der Waals surface area contributed by atoms with Crippen LogP contribution in [0.2, 0.25) is 0 Å². The Bertz CT molecular complexity index is 498. The summed E-state index contributed by atoms with van der Waals surface area (Å²) in [5.74, 6) is -0.604. The molecule has 1 N–H and O–H groups in total. The summed E-state index contributed by atoms with van der Waals surface area (Å²) < 4.78 is 0. The second kappa shape index (κ2) is 5.43. The quantitative estimate of drug-likeness (QED) is 0.890. The molecule has 0 spiro atoms. The molecule has 2 rings (SSSR count). The first-order chi connectivity index (χ1) is 9.00. The van der Waals surface area contributed by atoms with E-state index in [0.29, 0.717) is 12.5 Å². The molecule has 1 aromatic rings. The molecule has 1 saturated heterocycles. The molecule has 1 aliphatic rings. The molecule has 1 aromatic carbocycles. The van der Waals surface area contributed by atoms with E-state index < -0.39 is 5.97 Å². The smallest absolute Gasteiger partial charge is 0.336 e. The molecule has 0 saturated carbocycles. The number of nitrogens with zero attached hydrogens (tertiary/aromatic N) is 1. The van der Waals surface area contributed by atoms with E-state index in [-0.39, 0.29) is 23.1 Å². The third-order valence-corrected chi connectivity index (χ3v) is 3.79. The summed E-state index contributed by atoms with van der Waals surface area (Å²) in [7, 11) is 0. The van der Waals surface area contributed by atoms with E-state index in [4.69, 9.17) is 5.11 Å². The van der Waals surface area contributed by atoms with Gasteiger partial charge in [-0.3, -0.25) is 4.79 Å². The van der Waals surface area contributed by atoms with Gasteiger partial charge in [0.05, 0.1) is 11.1 Å². The Morgan fingerprint density at radius 2 is 1.84 bits per heavy atom. The fourth-order valence-corrected chi connectivity index (χ4v) is 2.72. The van der Waals surface area contributed by atoms with Crippen LogP contribution in [0.5, 0.6) is 0 Å². The zero-order chi connectivity index (χ0) is 14.0. The second-order valence-corrected chi connectivity index (χ2v) is 5.33. The average Bonchev–Trinajstić information content (AvgIpc) is 2.38. The number of piperidine rings is 1. The predicted molar refractivity (Wildman–Crippen MR) is 72.3 cm³/mol. The molecule has 1 heterocycles. The van der Waals surface area contributed by atoms with Crippen LogP contribution < -0.4 is 0 Å². The van der Waals surface area contributed by atoms with Gasteiger partial charge in [0.25, 0.3) is 5.91 Å². The number of rotatable bonds is 2. The number of amides is 1. The van der Waals surface area contributed by atoms with Crippen molar-refractivity contribution in [3.8, 4) is 0 Å². The van der Waals surface area contributed by atoms with Gasteiger partial charge in [0.15, 0.2) is 0 Å². The van der Waals surface area contributed by atoms with Gasteiger partial charge in [0.1, 0.15) is 0 Å². The summed E-state index contributed by atoms with van der Waals surface area (Å²) in [6.45, 7) is 4.91. The molecule has 0 aliphatic carbocycles. The minimum absolute atomic E-state index is 0.0818.